The van der Waals surface area contributed by atoms with E-state index in [1.54, 1.807) is 6.07 Å². The smallest absolute Gasteiger partial charge is 0.146 e. The topological polar surface area (TPSA) is 117 Å². The van der Waals surface area contributed by atoms with Crippen molar-refractivity contribution < 1.29 is 9.50 Å². The number of aryl methyl sites for hydroxylation is 1. The number of β-amino-alcohol motifs (C(OH)–C–C–N with tert-alkyl or cyclic N) is 1. The van der Waals surface area contributed by atoms with E-state index in [0.29, 0.717) is 19.5 Å². The molecular weight excluding hydrogens is 409 g/mol. The molecule has 0 spiro atoms. The number of nitrogen functional groups attached to an aromatic ring is 1. The van der Waals surface area contributed by atoms with Crippen LogP contribution in [0.15, 0.2) is 42.6 Å². The third kappa shape index (κ3) is 3.73. The largest absolute Gasteiger partial charge is 0.396 e. The molecule has 2 aliphatic rings. The van der Waals surface area contributed by atoms with E-state index in [2.05, 4.69) is 32.8 Å². The first-order valence-corrected chi connectivity index (χ1v) is 10.8. The fourth-order valence-corrected chi connectivity index (χ4v) is 4.53. The van der Waals surface area contributed by atoms with E-state index >= 15 is 0 Å². The Morgan fingerprint density at radius 2 is 2.00 bits per heavy atom. The zero-order chi connectivity index (χ0) is 22.4. The molecule has 2 aliphatic heterocycles. The molecule has 9 heteroatoms. The summed E-state index contributed by atoms with van der Waals surface area (Å²) >= 11 is 0. The van der Waals surface area contributed by atoms with Gasteiger partial charge in [0.25, 0.3) is 0 Å². The monoisotopic (exact) mass is 437 g/mol. The Labute approximate surface area is 185 Å². The minimum atomic E-state index is -0.580. The van der Waals surface area contributed by atoms with Crippen molar-refractivity contribution in [3.8, 4) is 0 Å². The number of aliphatic hydroxyl groups excluding tert-OH is 1. The van der Waals surface area contributed by atoms with Crippen LogP contribution in [0, 0.1) is 5.82 Å². The van der Waals surface area contributed by atoms with Gasteiger partial charge in [0.1, 0.15) is 12.1 Å². The number of piperidine rings is 1. The molecule has 8 nitrogen and oxygen atoms in total. The van der Waals surface area contributed by atoms with Crippen LogP contribution in [0.3, 0.4) is 0 Å². The van der Waals surface area contributed by atoms with Gasteiger partial charge in [0.2, 0.25) is 0 Å². The number of hydrogen-bond acceptors (Lipinski definition) is 7. The van der Waals surface area contributed by atoms with Gasteiger partial charge in [-0.1, -0.05) is 12.1 Å². The molecule has 3 aromatic rings. The van der Waals surface area contributed by atoms with Crippen molar-refractivity contribution in [1.29, 1.82) is 0 Å². The average molecular weight is 438 g/mol. The molecule has 3 heterocycles. The van der Waals surface area contributed by atoms with Gasteiger partial charge in [0.05, 0.1) is 23.5 Å². The molecule has 1 saturated heterocycles. The van der Waals surface area contributed by atoms with E-state index < -0.39 is 11.9 Å². The molecule has 0 amide bonds. The number of nitrogens with one attached hydrogen (secondary N) is 2. The van der Waals surface area contributed by atoms with Crippen molar-refractivity contribution in [2.45, 2.75) is 24.9 Å². The molecule has 5 rings (SSSR count). The number of benzene rings is 2. The van der Waals surface area contributed by atoms with Crippen molar-refractivity contribution in [3.05, 3.63) is 59.5 Å². The fourth-order valence-electron chi connectivity index (χ4n) is 4.53. The van der Waals surface area contributed by atoms with Crippen molar-refractivity contribution in [2.75, 3.05) is 25.4 Å². The summed E-state index contributed by atoms with van der Waals surface area (Å²) in [6, 6.07) is 10.9. The highest BCUT2D eigenvalue weighted by Crippen LogP contribution is 2.31. The van der Waals surface area contributed by atoms with Gasteiger partial charge in [-0.3, -0.25) is 14.9 Å². The Morgan fingerprint density at radius 1 is 1.19 bits per heavy atom. The number of halogens is 1. The molecule has 1 aromatic heterocycles. The summed E-state index contributed by atoms with van der Waals surface area (Å²) in [7, 11) is 1.91. The van der Waals surface area contributed by atoms with Crippen LogP contribution in [-0.4, -0.2) is 57.9 Å². The molecule has 3 unspecified atom stereocenters. The standard InChI is InChI=1S/C23H28FN7O/c1-30-20-5-3-13(8-15(20)10-28-30)16-11-27-23(31-7-6-19(26)21(32)12-31)29-22(16)14-2-4-18(25)17(24)9-14/h2-5,8-10,19,21,23,27,29,32H,6-7,11-12,25-26H2,1H3. The lowest BCUT2D eigenvalue weighted by Gasteiger charge is -2.42. The van der Waals surface area contributed by atoms with Crippen LogP contribution >= 0.6 is 0 Å². The van der Waals surface area contributed by atoms with Crippen LogP contribution in [0.5, 0.6) is 0 Å². The minimum Gasteiger partial charge on any atom is -0.396 e. The third-order valence-corrected chi connectivity index (χ3v) is 6.47. The zero-order valence-corrected chi connectivity index (χ0v) is 17.9. The first-order chi connectivity index (χ1) is 15.4. The average Bonchev–Trinajstić information content (AvgIpc) is 3.17. The van der Waals surface area contributed by atoms with Crippen molar-refractivity contribution in [2.24, 2.45) is 12.8 Å². The molecule has 168 valence electrons. The highest BCUT2D eigenvalue weighted by Gasteiger charge is 2.32. The molecule has 3 atom stereocenters. The van der Waals surface area contributed by atoms with Gasteiger partial charge in [0, 0.05) is 49.4 Å². The number of likely N-dealkylation sites (tertiary alicyclic amines) is 1. The summed E-state index contributed by atoms with van der Waals surface area (Å²) in [5.74, 6) is -0.451. The summed E-state index contributed by atoms with van der Waals surface area (Å²) in [6.07, 6.45) is 1.76. The number of nitrogens with two attached hydrogens (primary N) is 2. The van der Waals surface area contributed by atoms with Gasteiger partial charge in [-0.2, -0.15) is 5.10 Å². The summed E-state index contributed by atoms with van der Waals surface area (Å²) in [5, 5.41) is 22.7. The Kier molecular flexibility index (Phi) is 5.34. The third-order valence-electron chi connectivity index (χ3n) is 6.47. The van der Waals surface area contributed by atoms with Gasteiger partial charge in [-0.25, -0.2) is 4.39 Å². The van der Waals surface area contributed by atoms with Crippen LogP contribution in [0.4, 0.5) is 10.1 Å². The lowest BCUT2D eigenvalue weighted by Crippen LogP contribution is -2.62. The number of fused-ring (bicyclic) bond motifs is 1. The summed E-state index contributed by atoms with van der Waals surface area (Å²) in [6.45, 7) is 1.79. The van der Waals surface area contributed by atoms with Crippen LogP contribution < -0.4 is 22.1 Å². The number of nitrogens with zero attached hydrogens (tertiary/aromatic N) is 3. The Morgan fingerprint density at radius 3 is 2.78 bits per heavy atom. The normalized spacial score (nSPS) is 24.7. The van der Waals surface area contributed by atoms with Gasteiger partial charge in [0.15, 0.2) is 0 Å². The SMILES string of the molecule is Cn1ncc2cc(C3=C(c4ccc(N)c(F)c4)NC(N4CCC(N)C(O)C4)NC3)ccc21. The van der Waals surface area contributed by atoms with E-state index in [1.165, 1.54) is 6.07 Å². The lowest BCUT2D eigenvalue weighted by atomic mass is 9.96. The predicted octanol–water partition coefficient (Wildman–Crippen LogP) is 1.03. The van der Waals surface area contributed by atoms with Crippen molar-refractivity contribution >= 4 is 27.9 Å². The Balaban J connectivity index is 1.55. The second-order valence-corrected chi connectivity index (χ2v) is 8.57. The van der Waals surface area contributed by atoms with E-state index in [4.69, 9.17) is 11.5 Å². The maximum Gasteiger partial charge on any atom is 0.146 e. The first-order valence-electron chi connectivity index (χ1n) is 10.8. The highest BCUT2D eigenvalue weighted by molar-refractivity contribution is 5.94. The van der Waals surface area contributed by atoms with Crippen LogP contribution in [0.1, 0.15) is 17.5 Å². The van der Waals surface area contributed by atoms with Crippen molar-refractivity contribution in [1.82, 2.24) is 25.3 Å². The fraction of sp³-hybridized carbons (Fsp3) is 0.348. The predicted molar refractivity (Wildman–Crippen MR) is 123 cm³/mol. The van der Waals surface area contributed by atoms with E-state index in [-0.39, 0.29) is 18.0 Å². The van der Waals surface area contributed by atoms with Crippen LogP contribution in [0.2, 0.25) is 0 Å². The summed E-state index contributed by atoms with van der Waals surface area (Å²) in [4.78, 5) is 2.13. The minimum absolute atomic E-state index is 0.117. The number of rotatable bonds is 3. The lowest BCUT2D eigenvalue weighted by molar-refractivity contribution is 0.0187. The summed E-state index contributed by atoms with van der Waals surface area (Å²) < 4.78 is 16.2. The summed E-state index contributed by atoms with van der Waals surface area (Å²) in [5.41, 5.74) is 16.5. The number of aliphatic hydroxyl groups is 1. The second-order valence-electron chi connectivity index (χ2n) is 8.57. The van der Waals surface area contributed by atoms with Gasteiger partial charge >= 0.3 is 0 Å². The number of hydrogen-bond donors (Lipinski definition) is 5. The first kappa shape index (κ1) is 20.9. The second kappa shape index (κ2) is 8.18. The molecule has 7 N–H and O–H groups in total. The Hall–Kier alpha value is -2.98. The van der Waals surface area contributed by atoms with Gasteiger partial charge in [-0.15, -0.1) is 0 Å². The molecule has 0 saturated carbocycles. The zero-order valence-electron chi connectivity index (χ0n) is 17.9. The van der Waals surface area contributed by atoms with E-state index in [0.717, 1.165) is 39.8 Å². The number of anilines is 1. The van der Waals surface area contributed by atoms with Gasteiger partial charge < -0.3 is 21.9 Å². The van der Waals surface area contributed by atoms with Crippen molar-refractivity contribution in [3.63, 3.8) is 0 Å². The molecule has 0 radical (unpaired) electrons. The maximum absolute atomic E-state index is 14.4. The maximum atomic E-state index is 14.4. The van der Waals surface area contributed by atoms with Crippen LogP contribution in [0.25, 0.3) is 22.2 Å². The molecule has 32 heavy (non-hydrogen) atoms. The highest BCUT2D eigenvalue weighted by atomic mass is 19.1. The van der Waals surface area contributed by atoms with Gasteiger partial charge in [-0.05, 0) is 41.8 Å². The molecule has 2 aromatic carbocycles. The molecular formula is C23H28FN7O. The Bertz CT molecular complexity index is 1190. The molecule has 1 fully saturated rings. The molecule has 0 bridgehead atoms. The van der Waals surface area contributed by atoms with Crippen LogP contribution in [-0.2, 0) is 7.05 Å². The number of aromatic nitrogens is 2. The molecule has 0 aliphatic carbocycles. The van der Waals surface area contributed by atoms with E-state index in [9.17, 15) is 9.50 Å². The quantitative estimate of drug-likeness (QED) is 0.389. The van der Waals surface area contributed by atoms with E-state index in [1.807, 2.05) is 30.1 Å².